The van der Waals surface area contributed by atoms with Crippen LogP contribution < -0.4 is 10.1 Å². The van der Waals surface area contributed by atoms with Crippen molar-refractivity contribution in [3.05, 3.63) is 29.8 Å². The Kier molecular flexibility index (Phi) is 3.80. The van der Waals surface area contributed by atoms with E-state index < -0.39 is 18.6 Å². The fourth-order valence-electron chi connectivity index (χ4n) is 1.78. The van der Waals surface area contributed by atoms with Crippen molar-refractivity contribution in [3.63, 3.8) is 0 Å². The van der Waals surface area contributed by atoms with Gasteiger partial charge < -0.3 is 10.1 Å². The summed E-state index contributed by atoms with van der Waals surface area (Å²) in [5.41, 5.74) is 0.623. The summed E-state index contributed by atoms with van der Waals surface area (Å²) in [7, 11) is 1.53. The minimum absolute atomic E-state index is 0.297. The highest BCUT2D eigenvalue weighted by Gasteiger charge is 2.32. The first-order valence-corrected chi connectivity index (χ1v) is 5.98. The third-order valence-corrected chi connectivity index (χ3v) is 2.89. The first-order valence-electron chi connectivity index (χ1n) is 5.98. The van der Waals surface area contributed by atoms with Gasteiger partial charge in [-0.2, -0.15) is 13.2 Å². The van der Waals surface area contributed by atoms with E-state index in [0.717, 1.165) is 18.6 Å². The molecule has 1 atom stereocenters. The van der Waals surface area contributed by atoms with E-state index in [-0.39, 0.29) is 0 Å². The number of halogens is 3. The van der Waals surface area contributed by atoms with Crippen LogP contribution in [0, 0.1) is 0 Å². The van der Waals surface area contributed by atoms with Gasteiger partial charge in [0.15, 0.2) is 0 Å². The maximum Gasteiger partial charge on any atom is 0.390 e. The third kappa shape index (κ3) is 3.91. The summed E-state index contributed by atoms with van der Waals surface area (Å²) in [6, 6.07) is 6.12. The van der Waals surface area contributed by atoms with Crippen LogP contribution in [0.1, 0.15) is 30.9 Å². The lowest BCUT2D eigenvalue weighted by molar-refractivity contribution is -0.140. The fourth-order valence-corrected chi connectivity index (χ4v) is 1.78. The van der Waals surface area contributed by atoms with E-state index in [2.05, 4.69) is 5.32 Å². The van der Waals surface area contributed by atoms with Gasteiger partial charge >= 0.3 is 6.18 Å². The van der Waals surface area contributed by atoms with Gasteiger partial charge in [-0.3, -0.25) is 0 Å². The van der Waals surface area contributed by atoms with Gasteiger partial charge in [0.2, 0.25) is 0 Å². The van der Waals surface area contributed by atoms with Gasteiger partial charge in [-0.25, -0.2) is 0 Å². The second kappa shape index (κ2) is 5.18. The monoisotopic (exact) mass is 259 g/mol. The van der Waals surface area contributed by atoms with Crippen LogP contribution >= 0.6 is 0 Å². The molecule has 0 spiro atoms. The van der Waals surface area contributed by atoms with Gasteiger partial charge in [0.05, 0.1) is 12.5 Å². The molecule has 1 aliphatic carbocycles. The summed E-state index contributed by atoms with van der Waals surface area (Å²) in [6.07, 6.45) is -2.61. The number of benzene rings is 1. The van der Waals surface area contributed by atoms with E-state index in [1.165, 1.54) is 7.05 Å². The molecule has 1 aromatic carbocycles. The Morgan fingerprint density at radius 3 is 2.33 bits per heavy atom. The van der Waals surface area contributed by atoms with Crippen molar-refractivity contribution in [2.24, 2.45) is 0 Å². The third-order valence-electron chi connectivity index (χ3n) is 2.89. The second-order valence-corrected chi connectivity index (χ2v) is 4.55. The van der Waals surface area contributed by atoms with Crippen LogP contribution in [0.3, 0.4) is 0 Å². The van der Waals surface area contributed by atoms with Gasteiger partial charge in [-0.1, -0.05) is 12.1 Å². The van der Waals surface area contributed by atoms with Crippen molar-refractivity contribution in [1.82, 2.24) is 5.32 Å². The molecule has 18 heavy (non-hydrogen) atoms. The number of hydrogen-bond donors (Lipinski definition) is 1. The zero-order valence-electron chi connectivity index (χ0n) is 10.1. The summed E-state index contributed by atoms with van der Waals surface area (Å²) in [4.78, 5) is 0. The predicted octanol–water partition coefficient (Wildman–Crippen LogP) is 3.44. The summed E-state index contributed by atoms with van der Waals surface area (Å²) < 4.78 is 42.7. The molecule has 1 aliphatic rings. The molecule has 0 heterocycles. The predicted molar refractivity (Wildman–Crippen MR) is 62.6 cm³/mol. The molecule has 100 valence electrons. The van der Waals surface area contributed by atoms with E-state index in [9.17, 15) is 13.2 Å². The molecule has 0 amide bonds. The fraction of sp³-hybridized carbons (Fsp3) is 0.538. The maximum absolute atomic E-state index is 12.4. The molecular weight excluding hydrogens is 243 g/mol. The second-order valence-electron chi connectivity index (χ2n) is 4.55. The largest absolute Gasteiger partial charge is 0.490 e. The molecule has 0 radical (unpaired) electrons. The zero-order valence-corrected chi connectivity index (χ0v) is 10.1. The molecule has 1 aromatic rings. The maximum atomic E-state index is 12.4. The number of nitrogens with one attached hydrogen (secondary N) is 1. The molecule has 0 saturated heterocycles. The minimum Gasteiger partial charge on any atom is -0.490 e. The lowest BCUT2D eigenvalue weighted by atomic mass is 10.0. The highest BCUT2D eigenvalue weighted by Crippen LogP contribution is 2.31. The Hall–Kier alpha value is -1.23. The van der Waals surface area contributed by atoms with Crippen LogP contribution in [0.15, 0.2) is 24.3 Å². The molecule has 2 nitrogen and oxygen atoms in total. The zero-order chi connectivity index (χ0) is 13.2. The van der Waals surface area contributed by atoms with Crippen LogP contribution in [0.4, 0.5) is 13.2 Å². The van der Waals surface area contributed by atoms with E-state index in [0.29, 0.717) is 11.7 Å². The number of hydrogen-bond acceptors (Lipinski definition) is 2. The van der Waals surface area contributed by atoms with Crippen molar-refractivity contribution in [3.8, 4) is 5.75 Å². The summed E-state index contributed by atoms with van der Waals surface area (Å²) >= 11 is 0. The van der Waals surface area contributed by atoms with Crippen LogP contribution in [0.25, 0.3) is 0 Å². The molecule has 0 aromatic heterocycles. The topological polar surface area (TPSA) is 21.3 Å². The van der Waals surface area contributed by atoms with Crippen molar-refractivity contribution in [2.45, 2.75) is 37.6 Å². The Morgan fingerprint density at radius 2 is 1.89 bits per heavy atom. The Balaban J connectivity index is 2.01. The number of alkyl halides is 3. The van der Waals surface area contributed by atoms with Crippen LogP contribution in [-0.4, -0.2) is 19.3 Å². The van der Waals surface area contributed by atoms with Gasteiger partial charge in [-0.15, -0.1) is 0 Å². The normalized spacial score (nSPS) is 17.6. The molecular formula is C13H16F3NO. The lowest BCUT2D eigenvalue weighted by Crippen LogP contribution is -2.23. The molecule has 1 unspecified atom stereocenters. The minimum atomic E-state index is -4.17. The average molecular weight is 259 g/mol. The first kappa shape index (κ1) is 13.2. The molecule has 0 aliphatic heterocycles. The summed E-state index contributed by atoms with van der Waals surface area (Å²) in [5.74, 6) is 0.725. The Labute approximate surface area is 104 Å². The smallest absolute Gasteiger partial charge is 0.390 e. The van der Waals surface area contributed by atoms with Gasteiger partial charge in [0.1, 0.15) is 5.75 Å². The lowest BCUT2D eigenvalue weighted by Gasteiger charge is -2.18. The van der Waals surface area contributed by atoms with Crippen LogP contribution in [0.2, 0.25) is 0 Å². The molecule has 0 bridgehead atoms. The SMILES string of the molecule is CNC(CC(F)(F)F)c1ccc(OC2CC2)cc1. The van der Waals surface area contributed by atoms with Gasteiger partial charge in [-0.05, 0) is 37.6 Å². The molecule has 1 N–H and O–H groups in total. The molecule has 5 heteroatoms. The Morgan fingerprint density at radius 1 is 1.28 bits per heavy atom. The van der Waals surface area contributed by atoms with Crippen molar-refractivity contribution in [2.75, 3.05) is 7.05 Å². The highest BCUT2D eigenvalue weighted by molar-refractivity contribution is 5.29. The van der Waals surface area contributed by atoms with Crippen molar-refractivity contribution < 1.29 is 17.9 Å². The summed E-state index contributed by atoms with van der Waals surface area (Å²) in [5, 5.41) is 2.69. The Bertz CT molecular complexity index is 384. The first-order chi connectivity index (χ1) is 8.48. The van der Waals surface area contributed by atoms with E-state index in [1.807, 2.05) is 0 Å². The van der Waals surface area contributed by atoms with Crippen molar-refractivity contribution >= 4 is 0 Å². The standard InChI is InChI=1S/C13H16F3NO/c1-17-12(8-13(14,15)16)9-2-4-10(5-3-9)18-11-6-7-11/h2-5,11-12,17H,6-8H2,1H3. The number of rotatable bonds is 5. The quantitative estimate of drug-likeness (QED) is 0.874. The molecule has 1 fully saturated rings. The average Bonchev–Trinajstić information content (AvgIpc) is 3.10. The molecule has 2 rings (SSSR count). The van der Waals surface area contributed by atoms with Gasteiger partial charge in [0, 0.05) is 6.04 Å². The number of ether oxygens (including phenoxy) is 1. The van der Waals surface area contributed by atoms with Crippen molar-refractivity contribution in [1.29, 1.82) is 0 Å². The highest BCUT2D eigenvalue weighted by atomic mass is 19.4. The van der Waals surface area contributed by atoms with Crippen LogP contribution in [0.5, 0.6) is 5.75 Å². The van der Waals surface area contributed by atoms with Crippen LogP contribution in [-0.2, 0) is 0 Å². The van der Waals surface area contributed by atoms with E-state index in [4.69, 9.17) is 4.74 Å². The molecule has 1 saturated carbocycles. The van der Waals surface area contributed by atoms with E-state index >= 15 is 0 Å². The summed E-state index contributed by atoms with van der Waals surface area (Å²) in [6.45, 7) is 0. The van der Waals surface area contributed by atoms with E-state index in [1.54, 1.807) is 24.3 Å². The van der Waals surface area contributed by atoms with Gasteiger partial charge in [0.25, 0.3) is 0 Å².